The number of nitriles is 1. The molecule has 0 aliphatic heterocycles. The second kappa shape index (κ2) is 12.3. The van der Waals surface area contributed by atoms with Gasteiger partial charge < -0.3 is 20.1 Å². The van der Waals surface area contributed by atoms with E-state index < -0.39 is 5.91 Å². The highest BCUT2D eigenvalue weighted by Crippen LogP contribution is 2.31. The van der Waals surface area contributed by atoms with Crippen molar-refractivity contribution in [3.8, 4) is 17.6 Å². The highest BCUT2D eigenvalue weighted by atomic mass is 35.5. The van der Waals surface area contributed by atoms with Crippen molar-refractivity contribution < 1.29 is 19.1 Å². The maximum Gasteiger partial charge on any atom is 0.262 e. The summed E-state index contributed by atoms with van der Waals surface area (Å²) in [6.45, 7) is -0.305. The number of ether oxygens (including phenoxy) is 2. The average Bonchev–Trinajstić information content (AvgIpc) is 2.84. The lowest BCUT2D eigenvalue weighted by atomic mass is 9.95. The molecule has 2 aromatic rings. The van der Waals surface area contributed by atoms with Crippen LogP contribution in [-0.2, 0) is 9.59 Å². The molecule has 0 atom stereocenters. The van der Waals surface area contributed by atoms with Gasteiger partial charge in [0.05, 0.1) is 22.8 Å². The smallest absolute Gasteiger partial charge is 0.262 e. The van der Waals surface area contributed by atoms with Gasteiger partial charge in [-0.05, 0) is 48.7 Å². The van der Waals surface area contributed by atoms with E-state index >= 15 is 0 Å². The molecule has 0 aromatic heterocycles. The first-order valence-electron chi connectivity index (χ1n) is 10.9. The number of amides is 2. The van der Waals surface area contributed by atoms with Gasteiger partial charge in [-0.1, -0.05) is 54.6 Å². The first-order valence-corrected chi connectivity index (χ1v) is 11.6. The number of nitrogens with zero attached hydrogens (tertiary/aromatic N) is 1. The molecule has 1 fully saturated rings. The van der Waals surface area contributed by atoms with Crippen molar-refractivity contribution in [2.45, 2.75) is 38.1 Å². The molecule has 0 saturated heterocycles. The van der Waals surface area contributed by atoms with Gasteiger partial charge in [-0.3, -0.25) is 9.59 Å². The van der Waals surface area contributed by atoms with E-state index in [2.05, 4.69) is 10.6 Å². The van der Waals surface area contributed by atoms with Crippen LogP contribution in [0.25, 0.3) is 6.08 Å². The molecule has 2 aromatic carbocycles. The van der Waals surface area contributed by atoms with E-state index in [4.69, 9.17) is 32.7 Å². The second-order valence-electron chi connectivity index (χ2n) is 7.82. The number of hydrogen-bond donors (Lipinski definition) is 2. The molecule has 1 saturated carbocycles. The van der Waals surface area contributed by atoms with Gasteiger partial charge in [0.1, 0.15) is 11.6 Å². The predicted octanol–water partition coefficient (Wildman–Crippen LogP) is 5.38. The Morgan fingerprint density at radius 2 is 1.82 bits per heavy atom. The van der Waals surface area contributed by atoms with Gasteiger partial charge in [-0.15, -0.1) is 0 Å². The van der Waals surface area contributed by atoms with Crippen LogP contribution < -0.4 is 20.1 Å². The Balaban J connectivity index is 1.65. The number of para-hydroxylation sites is 1. The first-order chi connectivity index (χ1) is 16.4. The van der Waals surface area contributed by atoms with Crippen LogP contribution in [0, 0.1) is 11.3 Å². The number of hydrogen-bond acceptors (Lipinski definition) is 5. The van der Waals surface area contributed by atoms with Crippen molar-refractivity contribution in [3.63, 3.8) is 0 Å². The highest BCUT2D eigenvalue weighted by Gasteiger charge is 2.18. The lowest BCUT2D eigenvalue weighted by Crippen LogP contribution is -2.36. The maximum atomic E-state index is 12.5. The summed E-state index contributed by atoms with van der Waals surface area (Å²) in [6.07, 6.45) is 6.70. The van der Waals surface area contributed by atoms with Crippen molar-refractivity contribution in [2.75, 3.05) is 19.0 Å². The predicted molar refractivity (Wildman–Crippen MR) is 132 cm³/mol. The second-order valence-corrected chi connectivity index (χ2v) is 8.64. The topological polar surface area (TPSA) is 100 Å². The fourth-order valence-electron chi connectivity index (χ4n) is 3.65. The van der Waals surface area contributed by atoms with Gasteiger partial charge in [-0.2, -0.15) is 5.26 Å². The van der Waals surface area contributed by atoms with Crippen molar-refractivity contribution in [1.29, 1.82) is 5.26 Å². The summed E-state index contributed by atoms with van der Waals surface area (Å²) >= 11 is 12.1. The quantitative estimate of drug-likeness (QED) is 0.373. The molecule has 1 aliphatic carbocycles. The fourth-order valence-corrected chi connectivity index (χ4v) is 4.15. The number of anilines is 1. The van der Waals surface area contributed by atoms with Crippen LogP contribution >= 0.6 is 23.2 Å². The van der Waals surface area contributed by atoms with E-state index in [1.807, 2.05) is 6.07 Å². The molecule has 0 unspecified atom stereocenters. The third kappa shape index (κ3) is 6.89. The summed E-state index contributed by atoms with van der Waals surface area (Å²) in [5.41, 5.74) is 0.909. The first kappa shape index (κ1) is 25.4. The van der Waals surface area contributed by atoms with Gasteiger partial charge in [0.25, 0.3) is 11.8 Å². The summed E-state index contributed by atoms with van der Waals surface area (Å²) in [5, 5.41) is 15.7. The van der Waals surface area contributed by atoms with E-state index in [0.29, 0.717) is 32.8 Å². The Hall–Kier alpha value is -3.21. The Kier molecular flexibility index (Phi) is 9.20. The Morgan fingerprint density at radius 1 is 1.12 bits per heavy atom. The highest BCUT2D eigenvalue weighted by molar-refractivity contribution is 6.39. The lowest BCUT2D eigenvalue weighted by molar-refractivity contribution is -0.118. The van der Waals surface area contributed by atoms with Crippen molar-refractivity contribution in [3.05, 3.63) is 57.6 Å². The van der Waals surface area contributed by atoms with Crippen LogP contribution in [0.4, 0.5) is 5.69 Å². The number of benzene rings is 2. The van der Waals surface area contributed by atoms with E-state index in [9.17, 15) is 14.9 Å². The molecular formula is C25H25Cl2N3O4. The summed E-state index contributed by atoms with van der Waals surface area (Å²) in [6, 6.07) is 11.9. The minimum absolute atomic E-state index is 0.0114. The van der Waals surface area contributed by atoms with E-state index in [1.165, 1.54) is 19.6 Å². The standard InChI is InChI=1S/C25H25Cl2N3O4/c1-33-22-13-16(12-17(14-28)25(32)29-18-6-3-2-4-7-18)10-11-21(22)34-15-23(31)30-24-19(26)8-5-9-20(24)27/h5,8-13,18H,2-4,6-7,15H2,1H3,(H,29,32)(H,30,31). The molecule has 0 bridgehead atoms. The summed E-state index contributed by atoms with van der Waals surface area (Å²) in [7, 11) is 1.46. The number of rotatable bonds is 8. The van der Waals surface area contributed by atoms with Crippen LogP contribution in [0.3, 0.4) is 0 Å². The van der Waals surface area contributed by atoms with Crippen molar-refractivity contribution >= 4 is 46.8 Å². The summed E-state index contributed by atoms with van der Waals surface area (Å²) in [5.74, 6) is -0.164. The Labute approximate surface area is 208 Å². The van der Waals surface area contributed by atoms with E-state index in [1.54, 1.807) is 36.4 Å². The molecule has 0 heterocycles. The number of nitrogens with one attached hydrogen (secondary N) is 2. The zero-order valence-electron chi connectivity index (χ0n) is 18.7. The van der Waals surface area contributed by atoms with Crippen molar-refractivity contribution in [2.24, 2.45) is 0 Å². The number of carbonyl (C=O) groups is 2. The summed E-state index contributed by atoms with van der Waals surface area (Å²) < 4.78 is 10.9. The molecule has 0 spiro atoms. The van der Waals surface area contributed by atoms with Crippen LogP contribution in [0.2, 0.25) is 10.0 Å². The largest absolute Gasteiger partial charge is 0.493 e. The SMILES string of the molecule is COc1cc(C=C(C#N)C(=O)NC2CCCCC2)ccc1OCC(=O)Nc1c(Cl)cccc1Cl. The molecule has 2 amide bonds. The van der Waals surface area contributed by atoms with Crippen LogP contribution in [0.1, 0.15) is 37.7 Å². The van der Waals surface area contributed by atoms with Gasteiger partial charge >= 0.3 is 0 Å². The average molecular weight is 502 g/mol. The molecule has 7 nitrogen and oxygen atoms in total. The fraction of sp³-hybridized carbons (Fsp3) is 0.320. The van der Waals surface area contributed by atoms with E-state index in [-0.39, 0.29) is 24.1 Å². The molecule has 0 radical (unpaired) electrons. The van der Waals surface area contributed by atoms with Gasteiger partial charge in [0, 0.05) is 6.04 Å². The van der Waals surface area contributed by atoms with Gasteiger partial charge in [0.2, 0.25) is 0 Å². The minimum atomic E-state index is -0.452. The molecular weight excluding hydrogens is 477 g/mol. The molecule has 9 heteroatoms. The lowest BCUT2D eigenvalue weighted by Gasteiger charge is -2.22. The Bertz CT molecular complexity index is 1100. The monoisotopic (exact) mass is 501 g/mol. The zero-order valence-corrected chi connectivity index (χ0v) is 20.2. The Morgan fingerprint density at radius 3 is 2.47 bits per heavy atom. The number of carbonyl (C=O) groups excluding carboxylic acids is 2. The van der Waals surface area contributed by atoms with Gasteiger partial charge in [0.15, 0.2) is 18.1 Å². The van der Waals surface area contributed by atoms with Gasteiger partial charge in [-0.25, -0.2) is 0 Å². The molecule has 178 valence electrons. The molecule has 2 N–H and O–H groups in total. The van der Waals surface area contributed by atoms with Crippen LogP contribution in [0.15, 0.2) is 42.0 Å². The third-order valence-electron chi connectivity index (χ3n) is 5.39. The molecule has 1 aliphatic rings. The molecule has 34 heavy (non-hydrogen) atoms. The molecule has 3 rings (SSSR count). The van der Waals surface area contributed by atoms with E-state index in [0.717, 1.165) is 25.7 Å². The van der Waals surface area contributed by atoms with Crippen LogP contribution in [0.5, 0.6) is 11.5 Å². The number of methoxy groups -OCH3 is 1. The third-order valence-corrected chi connectivity index (χ3v) is 6.02. The maximum absolute atomic E-state index is 12.5. The minimum Gasteiger partial charge on any atom is -0.493 e. The zero-order chi connectivity index (χ0) is 24.5. The normalized spacial score (nSPS) is 14.1. The number of halogens is 2. The van der Waals surface area contributed by atoms with Crippen molar-refractivity contribution in [1.82, 2.24) is 5.32 Å². The van der Waals surface area contributed by atoms with Crippen LogP contribution in [-0.4, -0.2) is 31.6 Å². The summed E-state index contributed by atoms with van der Waals surface area (Å²) in [4.78, 5) is 24.8.